The van der Waals surface area contributed by atoms with Crippen molar-refractivity contribution >= 4 is 39.1 Å². The van der Waals surface area contributed by atoms with Crippen molar-refractivity contribution in [2.24, 2.45) is 5.84 Å². The van der Waals surface area contributed by atoms with Crippen LogP contribution in [0.2, 0.25) is 0 Å². The highest BCUT2D eigenvalue weighted by molar-refractivity contribution is 7.99. The molecule has 3 N–H and O–H groups in total. The number of hydrazine groups is 1. The Bertz CT molecular complexity index is 590. The van der Waals surface area contributed by atoms with E-state index < -0.39 is 0 Å². The Balaban J connectivity index is 1.83. The molecule has 0 atom stereocenters. The molecule has 1 fully saturated rings. The van der Waals surface area contributed by atoms with Crippen LogP contribution < -0.4 is 11.3 Å². The zero-order chi connectivity index (χ0) is 13.9. The number of aromatic nitrogens is 2. The summed E-state index contributed by atoms with van der Waals surface area (Å²) in [5.74, 6) is 8.15. The van der Waals surface area contributed by atoms with E-state index in [2.05, 4.69) is 23.4 Å². The SMILES string of the molecule is CCc1cc2c(NN)nc(CSC3CCCC3)nc2s1. The van der Waals surface area contributed by atoms with E-state index in [0.29, 0.717) is 0 Å². The fourth-order valence-corrected chi connectivity index (χ4v) is 4.78. The van der Waals surface area contributed by atoms with Crippen molar-refractivity contribution < 1.29 is 0 Å². The van der Waals surface area contributed by atoms with Gasteiger partial charge in [0.25, 0.3) is 0 Å². The number of fused-ring (bicyclic) bond motifs is 1. The standard InChI is InChI=1S/C14H20N4S2/c1-2-9-7-11-13(18-15)16-12(17-14(11)20-9)8-19-10-5-3-4-6-10/h7,10H,2-6,8,15H2,1H3,(H,16,17,18). The van der Waals surface area contributed by atoms with Gasteiger partial charge in [-0.05, 0) is 25.3 Å². The Morgan fingerprint density at radius 3 is 2.90 bits per heavy atom. The molecule has 3 rings (SSSR count). The summed E-state index contributed by atoms with van der Waals surface area (Å²) < 4.78 is 0. The average Bonchev–Trinajstić information content (AvgIpc) is 3.12. The monoisotopic (exact) mass is 308 g/mol. The Morgan fingerprint density at radius 1 is 1.40 bits per heavy atom. The van der Waals surface area contributed by atoms with E-state index in [4.69, 9.17) is 10.8 Å². The van der Waals surface area contributed by atoms with E-state index in [1.54, 1.807) is 11.3 Å². The van der Waals surface area contributed by atoms with Crippen molar-refractivity contribution in [3.05, 3.63) is 16.8 Å². The normalized spacial score (nSPS) is 16.1. The van der Waals surface area contributed by atoms with Crippen molar-refractivity contribution in [1.29, 1.82) is 0 Å². The van der Waals surface area contributed by atoms with Crippen LogP contribution >= 0.6 is 23.1 Å². The molecular formula is C14H20N4S2. The lowest BCUT2D eigenvalue weighted by molar-refractivity contribution is 0.886. The molecule has 0 amide bonds. The minimum atomic E-state index is 0.757. The highest BCUT2D eigenvalue weighted by Gasteiger charge is 2.17. The Morgan fingerprint density at radius 2 is 2.20 bits per heavy atom. The number of anilines is 1. The number of thioether (sulfide) groups is 1. The second-order valence-corrected chi connectivity index (χ2v) is 7.54. The first kappa shape index (κ1) is 14.1. The maximum absolute atomic E-state index is 5.61. The second kappa shape index (κ2) is 6.28. The molecule has 108 valence electrons. The summed E-state index contributed by atoms with van der Waals surface area (Å²) in [5.41, 5.74) is 2.72. The summed E-state index contributed by atoms with van der Waals surface area (Å²) >= 11 is 3.73. The minimum Gasteiger partial charge on any atom is -0.308 e. The largest absolute Gasteiger partial charge is 0.308 e. The Hall–Kier alpha value is -0.850. The Labute approximate surface area is 127 Å². The molecule has 2 heterocycles. The molecule has 4 nitrogen and oxygen atoms in total. The zero-order valence-corrected chi connectivity index (χ0v) is 13.3. The van der Waals surface area contributed by atoms with Gasteiger partial charge in [-0.2, -0.15) is 11.8 Å². The quantitative estimate of drug-likeness (QED) is 0.651. The predicted molar refractivity (Wildman–Crippen MR) is 88.2 cm³/mol. The van der Waals surface area contributed by atoms with Crippen LogP contribution in [0.25, 0.3) is 10.2 Å². The summed E-state index contributed by atoms with van der Waals surface area (Å²) in [5, 5.41) is 1.84. The first-order chi connectivity index (χ1) is 9.80. The van der Waals surface area contributed by atoms with E-state index in [1.807, 2.05) is 11.8 Å². The molecule has 0 spiro atoms. The number of nitrogen functional groups attached to an aromatic ring is 1. The number of thiophene rings is 1. The van der Waals surface area contributed by atoms with Gasteiger partial charge in [-0.25, -0.2) is 15.8 Å². The summed E-state index contributed by atoms with van der Waals surface area (Å²) in [6.45, 7) is 2.16. The molecule has 1 aliphatic rings. The van der Waals surface area contributed by atoms with Crippen LogP contribution in [0, 0.1) is 0 Å². The molecule has 2 aromatic heterocycles. The van der Waals surface area contributed by atoms with Crippen LogP contribution in [-0.4, -0.2) is 15.2 Å². The molecule has 0 aromatic carbocycles. The van der Waals surface area contributed by atoms with Gasteiger partial charge in [0, 0.05) is 10.1 Å². The third-order valence-electron chi connectivity index (χ3n) is 3.73. The molecule has 1 aliphatic carbocycles. The van der Waals surface area contributed by atoms with Crippen LogP contribution in [0.5, 0.6) is 0 Å². The number of hydrogen-bond donors (Lipinski definition) is 2. The molecule has 20 heavy (non-hydrogen) atoms. The topological polar surface area (TPSA) is 63.8 Å². The van der Waals surface area contributed by atoms with Crippen molar-refractivity contribution in [3.8, 4) is 0 Å². The van der Waals surface area contributed by atoms with Crippen LogP contribution in [0.15, 0.2) is 6.07 Å². The lowest BCUT2D eigenvalue weighted by atomic mass is 10.3. The van der Waals surface area contributed by atoms with Crippen LogP contribution in [0.1, 0.15) is 43.3 Å². The number of nitrogens with one attached hydrogen (secondary N) is 1. The molecular weight excluding hydrogens is 288 g/mol. The third-order valence-corrected chi connectivity index (χ3v) is 6.27. The van der Waals surface area contributed by atoms with Gasteiger partial charge in [0.1, 0.15) is 10.7 Å². The molecule has 0 bridgehead atoms. The summed E-state index contributed by atoms with van der Waals surface area (Å²) in [6.07, 6.45) is 6.45. The van der Waals surface area contributed by atoms with E-state index in [1.165, 1.54) is 30.6 Å². The first-order valence-electron chi connectivity index (χ1n) is 7.17. The fraction of sp³-hybridized carbons (Fsp3) is 0.571. The highest BCUT2D eigenvalue weighted by atomic mass is 32.2. The molecule has 0 unspecified atom stereocenters. The molecule has 1 saturated carbocycles. The smallest absolute Gasteiger partial charge is 0.152 e. The minimum absolute atomic E-state index is 0.757. The van der Waals surface area contributed by atoms with Gasteiger partial charge in [0.2, 0.25) is 0 Å². The summed E-state index contributed by atoms with van der Waals surface area (Å²) in [4.78, 5) is 11.6. The van der Waals surface area contributed by atoms with Gasteiger partial charge in [-0.15, -0.1) is 11.3 Å². The van der Waals surface area contributed by atoms with Crippen LogP contribution in [0.3, 0.4) is 0 Å². The average molecular weight is 308 g/mol. The molecule has 0 saturated heterocycles. The van der Waals surface area contributed by atoms with Crippen molar-refractivity contribution in [2.45, 2.75) is 50.0 Å². The van der Waals surface area contributed by atoms with Crippen molar-refractivity contribution in [3.63, 3.8) is 0 Å². The summed E-state index contributed by atoms with van der Waals surface area (Å²) in [7, 11) is 0. The second-order valence-electron chi connectivity index (χ2n) is 5.14. The number of nitrogens with zero attached hydrogens (tertiary/aromatic N) is 2. The third kappa shape index (κ3) is 2.92. The van der Waals surface area contributed by atoms with Gasteiger partial charge in [-0.3, -0.25) is 0 Å². The van der Waals surface area contributed by atoms with E-state index in [-0.39, 0.29) is 0 Å². The van der Waals surface area contributed by atoms with Crippen molar-refractivity contribution in [1.82, 2.24) is 9.97 Å². The Kier molecular flexibility index (Phi) is 4.43. The lowest BCUT2D eigenvalue weighted by Gasteiger charge is -2.09. The fourth-order valence-electron chi connectivity index (χ4n) is 2.61. The number of hydrogen-bond acceptors (Lipinski definition) is 6. The first-order valence-corrected chi connectivity index (χ1v) is 9.04. The van der Waals surface area contributed by atoms with Gasteiger partial charge in [-0.1, -0.05) is 19.8 Å². The molecule has 0 radical (unpaired) electrons. The van der Waals surface area contributed by atoms with Gasteiger partial charge in [0.05, 0.1) is 11.1 Å². The zero-order valence-electron chi connectivity index (χ0n) is 11.7. The highest BCUT2D eigenvalue weighted by Crippen LogP contribution is 2.33. The van der Waals surface area contributed by atoms with Gasteiger partial charge >= 0.3 is 0 Å². The maximum Gasteiger partial charge on any atom is 0.152 e. The van der Waals surface area contributed by atoms with Gasteiger partial charge in [0.15, 0.2) is 5.82 Å². The van der Waals surface area contributed by atoms with E-state index >= 15 is 0 Å². The molecule has 0 aliphatic heterocycles. The lowest BCUT2D eigenvalue weighted by Crippen LogP contribution is -2.10. The van der Waals surface area contributed by atoms with Crippen molar-refractivity contribution in [2.75, 3.05) is 5.43 Å². The number of nitrogens with two attached hydrogens (primary N) is 1. The maximum atomic E-state index is 5.61. The summed E-state index contributed by atoms with van der Waals surface area (Å²) in [6, 6.07) is 2.14. The van der Waals surface area contributed by atoms with Gasteiger partial charge < -0.3 is 5.43 Å². The van der Waals surface area contributed by atoms with Crippen LogP contribution in [-0.2, 0) is 12.2 Å². The predicted octanol–water partition coefficient (Wildman–Crippen LogP) is 3.72. The molecule has 2 aromatic rings. The van der Waals surface area contributed by atoms with E-state index in [0.717, 1.165) is 39.3 Å². The molecule has 6 heteroatoms. The van der Waals surface area contributed by atoms with E-state index in [9.17, 15) is 0 Å². The number of aryl methyl sites for hydroxylation is 1. The van der Waals surface area contributed by atoms with Crippen LogP contribution in [0.4, 0.5) is 5.82 Å². The number of rotatable bonds is 5.